The number of methoxy groups -OCH3 is 1. The standard InChI is InChI=1S/C15H12F2O2S/c1-19-13-7-4-5-10(15(13)17)12(18)9-20-14-8-3-2-6-11(14)16/h2-8H,9H2,1H3. The van der Waals surface area contributed by atoms with E-state index in [4.69, 9.17) is 4.74 Å². The molecular weight excluding hydrogens is 282 g/mol. The monoisotopic (exact) mass is 294 g/mol. The van der Waals surface area contributed by atoms with Crippen LogP contribution in [-0.2, 0) is 0 Å². The van der Waals surface area contributed by atoms with Crippen LogP contribution in [0.1, 0.15) is 10.4 Å². The van der Waals surface area contributed by atoms with Crippen molar-refractivity contribution in [3.63, 3.8) is 0 Å². The summed E-state index contributed by atoms with van der Waals surface area (Å²) in [6.45, 7) is 0. The SMILES string of the molecule is COc1cccc(C(=O)CSc2ccccc2F)c1F. The first-order valence-electron chi connectivity index (χ1n) is 5.86. The molecule has 104 valence electrons. The molecular formula is C15H12F2O2S. The molecule has 0 atom stereocenters. The molecule has 20 heavy (non-hydrogen) atoms. The Labute approximate surface area is 119 Å². The van der Waals surface area contributed by atoms with E-state index >= 15 is 0 Å². The Balaban J connectivity index is 2.12. The Hall–Kier alpha value is -1.88. The highest BCUT2D eigenvalue weighted by Crippen LogP contribution is 2.25. The van der Waals surface area contributed by atoms with E-state index in [9.17, 15) is 13.6 Å². The van der Waals surface area contributed by atoms with Crippen molar-refractivity contribution in [1.82, 2.24) is 0 Å². The molecule has 0 fully saturated rings. The predicted molar refractivity (Wildman–Crippen MR) is 74.4 cm³/mol. The van der Waals surface area contributed by atoms with Gasteiger partial charge in [-0.25, -0.2) is 8.78 Å². The number of thioether (sulfide) groups is 1. The largest absolute Gasteiger partial charge is 0.494 e. The van der Waals surface area contributed by atoms with Crippen LogP contribution in [0, 0.1) is 11.6 Å². The van der Waals surface area contributed by atoms with Crippen LogP contribution in [0.3, 0.4) is 0 Å². The summed E-state index contributed by atoms with van der Waals surface area (Å²) in [6, 6.07) is 10.5. The maximum atomic E-state index is 13.9. The van der Waals surface area contributed by atoms with Crippen molar-refractivity contribution in [1.29, 1.82) is 0 Å². The molecule has 0 bridgehead atoms. The molecule has 0 aromatic heterocycles. The molecule has 0 saturated carbocycles. The summed E-state index contributed by atoms with van der Waals surface area (Å²) >= 11 is 1.04. The number of rotatable bonds is 5. The fraction of sp³-hybridized carbons (Fsp3) is 0.133. The van der Waals surface area contributed by atoms with Gasteiger partial charge in [0.2, 0.25) is 0 Å². The molecule has 0 N–H and O–H groups in total. The number of hydrogen-bond acceptors (Lipinski definition) is 3. The van der Waals surface area contributed by atoms with E-state index in [-0.39, 0.29) is 17.1 Å². The zero-order valence-corrected chi connectivity index (χ0v) is 11.5. The summed E-state index contributed by atoms with van der Waals surface area (Å²) in [5.74, 6) is -1.50. The van der Waals surface area contributed by atoms with E-state index in [0.717, 1.165) is 11.8 Å². The molecule has 0 spiro atoms. The third-order valence-corrected chi connectivity index (χ3v) is 3.73. The average Bonchev–Trinajstić information content (AvgIpc) is 2.46. The molecule has 0 aliphatic heterocycles. The topological polar surface area (TPSA) is 26.3 Å². The van der Waals surface area contributed by atoms with Gasteiger partial charge in [-0.15, -0.1) is 11.8 Å². The molecule has 0 amide bonds. The molecule has 5 heteroatoms. The Morgan fingerprint density at radius 1 is 1.15 bits per heavy atom. The quantitative estimate of drug-likeness (QED) is 0.617. The number of ether oxygens (including phenoxy) is 1. The van der Waals surface area contributed by atoms with Crippen molar-refractivity contribution in [2.45, 2.75) is 4.90 Å². The van der Waals surface area contributed by atoms with Gasteiger partial charge in [0.25, 0.3) is 0 Å². The molecule has 2 rings (SSSR count). The van der Waals surface area contributed by atoms with Gasteiger partial charge in [0, 0.05) is 4.90 Å². The molecule has 0 heterocycles. The highest BCUT2D eigenvalue weighted by atomic mass is 32.2. The lowest BCUT2D eigenvalue weighted by Gasteiger charge is -2.07. The third kappa shape index (κ3) is 3.17. The van der Waals surface area contributed by atoms with Crippen LogP contribution in [0.5, 0.6) is 5.75 Å². The lowest BCUT2D eigenvalue weighted by atomic mass is 10.1. The van der Waals surface area contributed by atoms with Crippen molar-refractivity contribution in [3.05, 3.63) is 59.7 Å². The normalized spacial score (nSPS) is 10.3. The van der Waals surface area contributed by atoms with Gasteiger partial charge >= 0.3 is 0 Å². The van der Waals surface area contributed by atoms with Gasteiger partial charge in [-0.3, -0.25) is 4.79 Å². The highest BCUT2D eigenvalue weighted by Gasteiger charge is 2.16. The van der Waals surface area contributed by atoms with E-state index in [1.54, 1.807) is 24.3 Å². The lowest BCUT2D eigenvalue weighted by molar-refractivity contribution is 0.101. The first kappa shape index (κ1) is 14.5. The third-order valence-electron chi connectivity index (χ3n) is 2.68. The van der Waals surface area contributed by atoms with Gasteiger partial charge in [0.15, 0.2) is 17.3 Å². The minimum atomic E-state index is -0.686. The Morgan fingerprint density at radius 3 is 2.60 bits per heavy atom. The average molecular weight is 294 g/mol. The summed E-state index contributed by atoms with van der Waals surface area (Å²) in [6.07, 6.45) is 0. The van der Waals surface area contributed by atoms with Gasteiger partial charge in [0.1, 0.15) is 5.82 Å². The zero-order chi connectivity index (χ0) is 14.5. The fourth-order valence-electron chi connectivity index (χ4n) is 1.67. The number of halogens is 2. The number of hydrogen-bond donors (Lipinski definition) is 0. The van der Waals surface area contributed by atoms with Crippen LogP contribution in [0.4, 0.5) is 8.78 Å². The Bertz CT molecular complexity index is 629. The molecule has 2 nitrogen and oxygen atoms in total. The molecule has 0 radical (unpaired) electrons. The second-order valence-corrected chi connectivity index (χ2v) is 4.98. The summed E-state index contributed by atoms with van der Waals surface area (Å²) in [4.78, 5) is 12.3. The molecule has 0 aliphatic rings. The van der Waals surface area contributed by atoms with Gasteiger partial charge in [-0.1, -0.05) is 18.2 Å². The van der Waals surface area contributed by atoms with E-state index in [1.807, 2.05) is 0 Å². The van der Waals surface area contributed by atoms with E-state index in [1.165, 1.54) is 25.3 Å². The molecule has 0 saturated heterocycles. The predicted octanol–water partition coefficient (Wildman–Crippen LogP) is 3.95. The van der Waals surface area contributed by atoms with Crippen molar-refractivity contribution in [2.24, 2.45) is 0 Å². The lowest BCUT2D eigenvalue weighted by Crippen LogP contribution is -2.06. The van der Waals surface area contributed by atoms with Gasteiger partial charge in [-0.2, -0.15) is 0 Å². The van der Waals surface area contributed by atoms with Crippen molar-refractivity contribution in [3.8, 4) is 5.75 Å². The van der Waals surface area contributed by atoms with Crippen LogP contribution >= 0.6 is 11.8 Å². The highest BCUT2D eigenvalue weighted by molar-refractivity contribution is 8.00. The Kier molecular flexibility index (Phi) is 4.74. The molecule has 0 aliphatic carbocycles. The number of carbonyl (C=O) groups excluding carboxylic acids is 1. The number of Topliss-reactive ketones (excluding diaryl/α,β-unsaturated/α-hetero) is 1. The summed E-state index contributed by atoms with van der Waals surface area (Å²) in [5.41, 5.74) is -0.0480. The van der Waals surface area contributed by atoms with Crippen LogP contribution in [-0.4, -0.2) is 18.6 Å². The number of ketones is 1. The van der Waals surface area contributed by atoms with Crippen LogP contribution in [0.25, 0.3) is 0 Å². The first-order valence-corrected chi connectivity index (χ1v) is 6.85. The first-order chi connectivity index (χ1) is 9.63. The number of benzene rings is 2. The minimum absolute atomic E-state index is 0.0201. The second kappa shape index (κ2) is 6.52. The smallest absolute Gasteiger partial charge is 0.176 e. The molecule has 2 aromatic carbocycles. The maximum Gasteiger partial charge on any atom is 0.176 e. The summed E-state index contributed by atoms with van der Waals surface area (Å²) < 4.78 is 32.1. The second-order valence-electron chi connectivity index (χ2n) is 3.96. The minimum Gasteiger partial charge on any atom is -0.494 e. The Morgan fingerprint density at radius 2 is 1.90 bits per heavy atom. The summed E-state index contributed by atoms with van der Waals surface area (Å²) in [5, 5.41) is 0. The zero-order valence-electron chi connectivity index (χ0n) is 10.7. The van der Waals surface area contributed by atoms with Crippen LogP contribution in [0.15, 0.2) is 47.4 Å². The van der Waals surface area contributed by atoms with E-state index in [2.05, 4.69) is 0 Å². The van der Waals surface area contributed by atoms with Gasteiger partial charge < -0.3 is 4.74 Å². The molecule has 0 unspecified atom stereocenters. The van der Waals surface area contributed by atoms with Gasteiger partial charge in [0.05, 0.1) is 18.4 Å². The van der Waals surface area contributed by atoms with Crippen molar-refractivity contribution >= 4 is 17.5 Å². The van der Waals surface area contributed by atoms with Crippen molar-refractivity contribution in [2.75, 3.05) is 12.9 Å². The van der Waals surface area contributed by atoms with E-state index < -0.39 is 17.4 Å². The van der Waals surface area contributed by atoms with Gasteiger partial charge in [-0.05, 0) is 24.3 Å². The summed E-state index contributed by atoms with van der Waals surface area (Å²) in [7, 11) is 1.33. The maximum absolute atomic E-state index is 13.9. The molecule has 2 aromatic rings. The fourth-order valence-corrected chi connectivity index (χ4v) is 2.49. The van der Waals surface area contributed by atoms with Crippen molar-refractivity contribution < 1.29 is 18.3 Å². The van der Waals surface area contributed by atoms with Crippen LogP contribution in [0.2, 0.25) is 0 Å². The van der Waals surface area contributed by atoms with E-state index in [0.29, 0.717) is 4.90 Å². The number of carbonyl (C=O) groups is 1. The van der Waals surface area contributed by atoms with Crippen LogP contribution < -0.4 is 4.74 Å².